The molecule has 0 aliphatic heterocycles. The van der Waals surface area contributed by atoms with Crippen LogP contribution in [0.15, 0.2) is 5.38 Å². The van der Waals surface area contributed by atoms with Crippen LogP contribution in [0.25, 0.3) is 0 Å². The molecule has 0 bridgehead atoms. The maximum absolute atomic E-state index is 12.3. The van der Waals surface area contributed by atoms with Crippen LogP contribution in [0.3, 0.4) is 0 Å². The number of likely N-dealkylation sites (N-methyl/N-ethyl adjacent to an activating group) is 1. The second-order valence-electron chi connectivity index (χ2n) is 5.99. The van der Waals surface area contributed by atoms with E-state index in [0.29, 0.717) is 13.0 Å². The van der Waals surface area contributed by atoms with Gasteiger partial charge < -0.3 is 5.32 Å². The number of hydrogen-bond donors (Lipinski definition) is 1. The molecule has 0 spiro atoms. The predicted octanol–water partition coefficient (Wildman–Crippen LogP) is 4.30. The van der Waals surface area contributed by atoms with E-state index in [9.17, 15) is 13.2 Å². The molecule has 6 heteroatoms. The molecule has 0 amide bonds. The van der Waals surface area contributed by atoms with Gasteiger partial charge in [0.15, 0.2) is 0 Å². The van der Waals surface area contributed by atoms with E-state index in [1.165, 1.54) is 11.3 Å². The zero-order valence-corrected chi connectivity index (χ0v) is 13.3. The summed E-state index contributed by atoms with van der Waals surface area (Å²) in [4.78, 5) is 4.55. The highest BCUT2D eigenvalue weighted by Gasteiger charge is 2.28. The second kappa shape index (κ2) is 6.89. The molecule has 0 saturated heterocycles. The summed E-state index contributed by atoms with van der Waals surface area (Å²) in [6.45, 7) is 8.81. The molecule has 0 saturated carbocycles. The van der Waals surface area contributed by atoms with Crippen LogP contribution in [-0.4, -0.2) is 23.7 Å². The molecule has 1 atom stereocenters. The Hall–Kier alpha value is -0.620. The minimum Gasteiger partial charge on any atom is -0.314 e. The first-order chi connectivity index (χ1) is 9.12. The number of thiazole rings is 1. The van der Waals surface area contributed by atoms with Crippen LogP contribution >= 0.6 is 11.3 Å². The van der Waals surface area contributed by atoms with Crippen molar-refractivity contribution in [3.05, 3.63) is 16.1 Å². The normalized spacial score (nSPS) is 14.6. The topological polar surface area (TPSA) is 24.9 Å². The van der Waals surface area contributed by atoms with Crippen LogP contribution in [0.2, 0.25) is 0 Å². The Balaban J connectivity index is 2.63. The smallest absolute Gasteiger partial charge is 0.314 e. The Kier molecular flexibility index (Phi) is 6.01. The van der Waals surface area contributed by atoms with Gasteiger partial charge in [-0.3, -0.25) is 0 Å². The lowest BCUT2D eigenvalue weighted by Crippen LogP contribution is -2.32. The van der Waals surface area contributed by atoms with Crippen LogP contribution in [-0.2, 0) is 11.8 Å². The van der Waals surface area contributed by atoms with Gasteiger partial charge in [0.25, 0.3) is 0 Å². The van der Waals surface area contributed by atoms with Crippen molar-refractivity contribution in [2.45, 2.75) is 64.6 Å². The fourth-order valence-corrected chi connectivity index (χ4v) is 2.97. The zero-order valence-electron chi connectivity index (χ0n) is 12.5. The summed E-state index contributed by atoms with van der Waals surface area (Å²) in [6.07, 6.45) is -4.18. The van der Waals surface area contributed by atoms with Crippen LogP contribution in [0.1, 0.15) is 51.2 Å². The first kappa shape index (κ1) is 17.4. The van der Waals surface area contributed by atoms with E-state index in [0.717, 1.165) is 10.7 Å². The molecule has 0 aliphatic carbocycles. The molecule has 0 aliphatic rings. The molecule has 2 nitrogen and oxygen atoms in total. The molecule has 1 aromatic rings. The van der Waals surface area contributed by atoms with Crippen molar-refractivity contribution in [3.63, 3.8) is 0 Å². The summed E-state index contributed by atoms with van der Waals surface area (Å²) in [5.41, 5.74) is 0.984. The van der Waals surface area contributed by atoms with Crippen LogP contribution in [0, 0.1) is 0 Å². The maximum atomic E-state index is 12.3. The first-order valence-corrected chi connectivity index (χ1v) is 7.75. The minimum atomic E-state index is -4.09. The van der Waals surface area contributed by atoms with Gasteiger partial charge in [0, 0.05) is 29.7 Å². The molecule has 0 radical (unpaired) electrons. The zero-order chi connectivity index (χ0) is 15.4. The predicted molar refractivity (Wildman–Crippen MR) is 77.3 cm³/mol. The Morgan fingerprint density at radius 2 is 1.95 bits per heavy atom. The van der Waals surface area contributed by atoms with E-state index in [1.807, 2.05) is 12.3 Å². The number of aromatic nitrogens is 1. The molecule has 0 fully saturated rings. The van der Waals surface area contributed by atoms with Crippen molar-refractivity contribution in [2.24, 2.45) is 0 Å². The van der Waals surface area contributed by atoms with Crippen molar-refractivity contribution in [2.75, 3.05) is 6.54 Å². The quantitative estimate of drug-likeness (QED) is 0.847. The summed E-state index contributed by atoms with van der Waals surface area (Å²) in [7, 11) is 0. The van der Waals surface area contributed by atoms with E-state index in [-0.39, 0.29) is 17.9 Å². The van der Waals surface area contributed by atoms with Crippen LogP contribution in [0.5, 0.6) is 0 Å². The van der Waals surface area contributed by atoms with Crippen LogP contribution < -0.4 is 5.32 Å². The van der Waals surface area contributed by atoms with Crippen molar-refractivity contribution < 1.29 is 13.2 Å². The molecular formula is C14H23F3N2S. The second-order valence-corrected chi connectivity index (χ2v) is 6.93. The van der Waals surface area contributed by atoms with Gasteiger partial charge in [-0.15, -0.1) is 11.3 Å². The lowest BCUT2D eigenvalue weighted by Gasteiger charge is -2.18. The van der Waals surface area contributed by atoms with Gasteiger partial charge in [-0.2, -0.15) is 13.2 Å². The minimum absolute atomic E-state index is 0.0194. The number of halogens is 3. The van der Waals surface area contributed by atoms with Crippen molar-refractivity contribution in [1.82, 2.24) is 10.3 Å². The van der Waals surface area contributed by atoms with Gasteiger partial charge >= 0.3 is 6.18 Å². The van der Waals surface area contributed by atoms with Gasteiger partial charge in [0.2, 0.25) is 0 Å². The monoisotopic (exact) mass is 308 g/mol. The highest BCUT2D eigenvalue weighted by atomic mass is 32.1. The molecule has 1 N–H and O–H groups in total. The van der Waals surface area contributed by atoms with Crippen LogP contribution in [0.4, 0.5) is 13.2 Å². The van der Waals surface area contributed by atoms with Gasteiger partial charge in [-0.05, 0) is 13.0 Å². The fourth-order valence-electron chi connectivity index (χ4n) is 1.86. The summed E-state index contributed by atoms with van der Waals surface area (Å²) < 4.78 is 36.9. The molecule has 0 aromatic carbocycles. The summed E-state index contributed by atoms with van der Waals surface area (Å²) in [5.74, 6) is 0. The maximum Gasteiger partial charge on any atom is 0.389 e. The van der Waals surface area contributed by atoms with E-state index < -0.39 is 12.6 Å². The third kappa shape index (κ3) is 6.22. The van der Waals surface area contributed by atoms with E-state index in [4.69, 9.17) is 0 Å². The molecule has 1 rings (SSSR count). The van der Waals surface area contributed by atoms with E-state index in [1.54, 1.807) is 0 Å². The average molecular weight is 308 g/mol. The Morgan fingerprint density at radius 1 is 1.30 bits per heavy atom. The fraction of sp³-hybridized carbons (Fsp3) is 0.786. The Bertz CT molecular complexity index is 407. The highest BCUT2D eigenvalue weighted by Crippen LogP contribution is 2.26. The summed E-state index contributed by atoms with van der Waals surface area (Å²) in [6, 6.07) is -0.166. The molecule has 20 heavy (non-hydrogen) atoms. The molecule has 1 heterocycles. The lowest BCUT2D eigenvalue weighted by atomic mass is 9.93. The van der Waals surface area contributed by atoms with Crippen molar-refractivity contribution in [1.29, 1.82) is 0 Å². The van der Waals surface area contributed by atoms with Gasteiger partial charge in [-0.25, -0.2) is 4.98 Å². The molecule has 116 valence electrons. The number of hydrogen-bond acceptors (Lipinski definition) is 3. The SMILES string of the molecule is CCNC(CCC(F)(F)F)Cc1nc(C(C)(C)C)cs1. The largest absolute Gasteiger partial charge is 0.389 e. The number of nitrogens with zero attached hydrogens (tertiary/aromatic N) is 1. The van der Waals surface area contributed by atoms with E-state index >= 15 is 0 Å². The van der Waals surface area contributed by atoms with E-state index in [2.05, 4.69) is 31.1 Å². The Labute approximate surface area is 122 Å². The van der Waals surface area contributed by atoms with Crippen molar-refractivity contribution in [3.8, 4) is 0 Å². The average Bonchev–Trinajstić information content (AvgIpc) is 2.73. The molecule has 1 aromatic heterocycles. The molecular weight excluding hydrogens is 285 g/mol. The Morgan fingerprint density at radius 3 is 2.40 bits per heavy atom. The number of alkyl halides is 3. The lowest BCUT2D eigenvalue weighted by molar-refractivity contribution is -0.136. The summed E-state index contributed by atoms with van der Waals surface area (Å²) >= 11 is 1.53. The van der Waals surface area contributed by atoms with Gasteiger partial charge in [-0.1, -0.05) is 27.7 Å². The standard InChI is InChI=1S/C14H23F3N2S/c1-5-18-10(6-7-14(15,16)17)8-12-19-11(9-20-12)13(2,3)4/h9-10,18H,5-8H2,1-4H3. The number of nitrogens with one attached hydrogen (secondary N) is 1. The van der Waals surface area contributed by atoms with Gasteiger partial charge in [0.1, 0.15) is 0 Å². The number of rotatable bonds is 6. The third-order valence-corrected chi connectivity index (χ3v) is 3.88. The highest BCUT2D eigenvalue weighted by molar-refractivity contribution is 7.09. The van der Waals surface area contributed by atoms with Gasteiger partial charge in [0.05, 0.1) is 10.7 Å². The first-order valence-electron chi connectivity index (χ1n) is 6.87. The van der Waals surface area contributed by atoms with Crippen molar-refractivity contribution >= 4 is 11.3 Å². The third-order valence-electron chi connectivity index (χ3n) is 3.01. The molecule has 1 unspecified atom stereocenters. The summed E-state index contributed by atoms with van der Waals surface area (Å²) in [5, 5.41) is 6.03.